The lowest BCUT2D eigenvalue weighted by molar-refractivity contribution is -0.143. The van der Waals surface area contributed by atoms with E-state index in [1.165, 1.54) is 0 Å². The number of rotatable bonds is 0. The molecule has 82 valence electrons. The molecule has 0 heterocycles. The summed E-state index contributed by atoms with van der Waals surface area (Å²) >= 11 is 0. The number of carbonyl (C=O) groups excluding carboxylic acids is 1. The van der Waals surface area contributed by atoms with E-state index in [0.29, 0.717) is 12.3 Å². The van der Waals surface area contributed by atoms with Crippen molar-refractivity contribution in [2.24, 2.45) is 16.7 Å². The largest absolute Gasteiger partial charge is 0.385 e. The van der Waals surface area contributed by atoms with Gasteiger partial charge in [0.2, 0.25) is 0 Å². The molecule has 1 saturated carbocycles. The maximum absolute atomic E-state index is 11.7. The third kappa shape index (κ3) is 2.17. The second kappa shape index (κ2) is 3.34. The fraction of sp³-hybridized carbons (Fsp3) is 0.917. The van der Waals surface area contributed by atoms with Gasteiger partial charge in [-0.1, -0.05) is 34.6 Å². The molecule has 2 nitrogen and oxygen atoms in total. The summed E-state index contributed by atoms with van der Waals surface area (Å²) in [4.78, 5) is 11.7. The minimum Gasteiger partial charge on any atom is -0.385 e. The van der Waals surface area contributed by atoms with Gasteiger partial charge in [-0.3, -0.25) is 4.79 Å². The molecule has 0 amide bonds. The Bertz CT molecular complexity index is 235. The van der Waals surface area contributed by atoms with Crippen LogP contribution in [0.25, 0.3) is 0 Å². The van der Waals surface area contributed by atoms with Gasteiger partial charge in [-0.15, -0.1) is 0 Å². The summed E-state index contributed by atoms with van der Waals surface area (Å²) in [6.45, 7) is 10.4. The van der Waals surface area contributed by atoms with Crippen LogP contribution >= 0.6 is 0 Å². The Morgan fingerprint density at radius 2 is 1.86 bits per heavy atom. The summed E-state index contributed by atoms with van der Waals surface area (Å²) in [7, 11) is 0. The quantitative estimate of drug-likeness (QED) is 0.649. The van der Waals surface area contributed by atoms with Crippen LogP contribution in [0.3, 0.4) is 0 Å². The van der Waals surface area contributed by atoms with Crippen molar-refractivity contribution in [3.63, 3.8) is 0 Å². The zero-order valence-electron chi connectivity index (χ0n) is 9.92. The summed E-state index contributed by atoms with van der Waals surface area (Å²) in [5.41, 5.74) is -0.172. The minimum absolute atomic E-state index is 0.0120. The average Bonchev–Trinajstić information content (AvgIpc) is 1.97. The molecule has 1 fully saturated rings. The van der Waals surface area contributed by atoms with E-state index in [1.807, 2.05) is 13.8 Å². The SMILES string of the molecule is CC1(C)CC(C(C)(C)C)CC(O)C1=O. The first-order valence-electron chi connectivity index (χ1n) is 5.37. The Kier molecular flexibility index (Phi) is 2.79. The summed E-state index contributed by atoms with van der Waals surface area (Å²) < 4.78 is 0. The fourth-order valence-corrected chi connectivity index (χ4v) is 2.29. The Hall–Kier alpha value is -0.370. The number of hydrogen-bond donors (Lipinski definition) is 1. The van der Waals surface area contributed by atoms with Gasteiger partial charge in [-0.2, -0.15) is 0 Å². The van der Waals surface area contributed by atoms with Crippen molar-refractivity contribution < 1.29 is 9.90 Å². The summed E-state index contributed by atoms with van der Waals surface area (Å²) in [6, 6.07) is 0. The number of aliphatic hydroxyl groups is 1. The van der Waals surface area contributed by atoms with Crippen molar-refractivity contribution in [3.8, 4) is 0 Å². The second-order valence-corrected chi connectivity index (χ2v) is 6.27. The Morgan fingerprint density at radius 1 is 1.36 bits per heavy atom. The van der Waals surface area contributed by atoms with Crippen LogP contribution in [0, 0.1) is 16.7 Å². The van der Waals surface area contributed by atoms with Crippen LogP contribution in [0.5, 0.6) is 0 Å². The van der Waals surface area contributed by atoms with Gasteiger partial charge in [0.1, 0.15) is 6.10 Å². The molecule has 0 aromatic carbocycles. The third-order valence-electron chi connectivity index (χ3n) is 3.46. The Labute approximate surface area is 86.7 Å². The maximum Gasteiger partial charge on any atom is 0.166 e. The third-order valence-corrected chi connectivity index (χ3v) is 3.46. The molecule has 0 bridgehead atoms. The van der Waals surface area contributed by atoms with Gasteiger partial charge < -0.3 is 5.11 Å². The smallest absolute Gasteiger partial charge is 0.166 e. The Balaban J connectivity index is 2.84. The molecule has 0 aromatic rings. The van der Waals surface area contributed by atoms with Gasteiger partial charge >= 0.3 is 0 Å². The van der Waals surface area contributed by atoms with Crippen LogP contribution in [-0.4, -0.2) is 17.0 Å². The molecule has 14 heavy (non-hydrogen) atoms. The van der Waals surface area contributed by atoms with E-state index in [-0.39, 0.29) is 16.6 Å². The van der Waals surface area contributed by atoms with Crippen molar-refractivity contribution >= 4 is 5.78 Å². The molecular formula is C12H22O2. The molecule has 0 saturated heterocycles. The van der Waals surface area contributed by atoms with E-state index in [1.54, 1.807) is 0 Å². The topological polar surface area (TPSA) is 37.3 Å². The highest BCUT2D eigenvalue weighted by Crippen LogP contribution is 2.44. The van der Waals surface area contributed by atoms with Crippen molar-refractivity contribution in [1.29, 1.82) is 0 Å². The van der Waals surface area contributed by atoms with E-state index >= 15 is 0 Å². The molecule has 1 aliphatic carbocycles. The first-order chi connectivity index (χ1) is 6.14. The van der Waals surface area contributed by atoms with Gasteiger partial charge in [0.25, 0.3) is 0 Å². The van der Waals surface area contributed by atoms with Crippen molar-refractivity contribution in [2.45, 2.75) is 53.6 Å². The van der Waals surface area contributed by atoms with E-state index in [2.05, 4.69) is 20.8 Å². The normalized spacial score (nSPS) is 33.1. The number of ketones is 1. The number of hydrogen-bond acceptors (Lipinski definition) is 2. The van der Waals surface area contributed by atoms with Crippen molar-refractivity contribution in [3.05, 3.63) is 0 Å². The van der Waals surface area contributed by atoms with Gasteiger partial charge in [-0.25, -0.2) is 0 Å². The first kappa shape index (κ1) is 11.7. The number of aliphatic hydroxyl groups excluding tert-OH is 1. The van der Waals surface area contributed by atoms with Crippen LogP contribution in [0.15, 0.2) is 0 Å². The molecule has 2 unspecified atom stereocenters. The molecular weight excluding hydrogens is 176 g/mol. The molecule has 0 aromatic heterocycles. The van der Waals surface area contributed by atoms with Crippen LogP contribution in [0.1, 0.15) is 47.5 Å². The highest BCUT2D eigenvalue weighted by molar-refractivity contribution is 5.88. The molecule has 1 rings (SSSR count). The second-order valence-electron chi connectivity index (χ2n) is 6.27. The number of carbonyl (C=O) groups is 1. The monoisotopic (exact) mass is 198 g/mol. The van der Waals surface area contributed by atoms with Gasteiger partial charge in [0.05, 0.1) is 0 Å². The maximum atomic E-state index is 11.7. The lowest BCUT2D eigenvalue weighted by atomic mass is 9.62. The highest BCUT2D eigenvalue weighted by atomic mass is 16.3. The zero-order valence-corrected chi connectivity index (χ0v) is 9.92. The minimum atomic E-state index is -0.747. The fourth-order valence-electron chi connectivity index (χ4n) is 2.29. The van der Waals surface area contributed by atoms with Crippen molar-refractivity contribution in [1.82, 2.24) is 0 Å². The molecule has 2 heteroatoms. The molecule has 0 spiro atoms. The van der Waals surface area contributed by atoms with Crippen LogP contribution in [0.2, 0.25) is 0 Å². The predicted octanol–water partition coefficient (Wildman–Crippen LogP) is 2.40. The average molecular weight is 198 g/mol. The summed E-state index contributed by atoms with van der Waals surface area (Å²) in [5.74, 6) is 0.447. The molecule has 0 radical (unpaired) electrons. The van der Waals surface area contributed by atoms with Crippen LogP contribution in [-0.2, 0) is 4.79 Å². The van der Waals surface area contributed by atoms with Gasteiger partial charge in [0.15, 0.2) is 5.78 Å². The molecule has 1 aliphatic rings. The predicted molar refractivity (Wildman–Crippen MR) is 57.0 cm³/mol. The molecule has 2 atom stereocenters. The lowest BCUT2D eigenvalue weighted by Crippen LogP contribution is -2.45. The van der Waals surface area contributed by atoms with Crippen LogP contribution < -0.4 is 0 Å². The summed E-state index contributed by atoms with van der Waals surface area (Å²) in [6.07, 6.45) is 0.779. The number of Topliss-reactive ketones (excluding diaryl/α,β-unsaturated/α-hetero) is 1. The standard InChI is InChI=1S/C12H22O2/c1-11(2,3)8-6-9(13)10(14)12(4,5)7-8/h8-9,13H,6-7H2,1-5H3. The van der Waals surface area contributed by atoms with Crippen molar-refractivity contribution in [2.75, 3.05) is 0 Å². The lowest BCUT2D eigenvalue weighted by Gasteiger charge is -2.42. The zero-order chi connectivity index (χ0) is 11.1. The highest BCUT2D eigenvalue weighted by Gasteiger charge is 2.44. The summed E-state index contributed by atoms with van der Waals surface area (Å²) in [5, 5.41) is 9.70. The molecule has 1 N–H and O–H groups in total. The van der Waals surface area contributed by atoms with E-state index in [0.717, 1.165) is 6.42 Å². The first-order valence-corrected chi connectivity index (χ1v) is 5.37. The van der Waals surface area contributed by atoms with E-state index < -0.39 is 6.10 Å². The Morgan fingerprint density at radius 3 is 2.21 bits per heavy atom. The molecule has 0 aliphatic heterocycles. The van der Waals surface area contributed by atoms with E-state index in [4.69, 9.17) is 0 Å². The van der Waals surface area contributed by atoms with Gasteiger partial charge in [0, 0.05) is 5.41 Å². The van der Waals surface area contributed by atoms with Gasteiger partial charge in [-0.05, 0) is 24.2 Å². The van der Waals surface area contributed by atoms with Crippen LogP contribution in [0.4, 0.5) is 0 Å². The van der Waals surface area contributed by atoms with E-state index in [9.17, 15) is 9.90 Å².